The molecule has 0 fully saturated rings. The van der Waals surface area contributed by atoms with Gasteiger partial charge in [0, 0.05) is 18.2 Å². The monoisotopic (exact) mass is 182 g/mol. The van der Waals surface area contributed by atoms with Gasteiger partial charge in [-0.1, -0.05) is 12.1 Å². The number of benzene rings is 1. The molecule has 3 heteroatoms. The molecular weight excluding hydrogens is 167 g/mol. The van der Waals surface area contributed by atoms with Crippen LogP contribution in [-0.2, 0) is 6.54 Å². The maximum Gasteiger partial charge on any atom is 0.127 e. The average Bonchev–Trinajstić information content (AvgIpc) is 2.17. The third-order valence-corrected chi connectivity index (χ3v) is 2.20. The SMILES string of the molecule is CNC(C)c1cc(CN)ccc1F. The molecule has 0 heterocycles. The van der Waals surface area contributed by atoms with E-state index in [1.807, 2.05) is 6.92 Å². The normalized spacial score (nSPS) is 12.9. The molecule has 1 rings (SSSR count). The van der Waals surface area contributed by atoms with Crippen LogP contribution in [0.25, 0.3) is 0 Å². The Kier molecular flexibility index (Phi) is 3.39. The minimum atomic E-state index is -0.181. The van der Waals surface area contributed by atoms with Gasteiger partial charge in [0.25, 0.3) is 0 Å². The minimum absolute atomic E-state index is 0.0199. The van der Waals surface area contributed by atoms with Gasteiger partial charge >= 0.3 is 0 Å². The zero-order chi connectivity index (χ0) is 9.84. The summed E-state index contributed by atoms with van der Waals surface area (Å²) in [5, 5.41) is 2.99. The summed E-state index contributed by atoms with van der Waals surface area (Å²) >= 11 is 0. The Morgan fingerprint density at radius 2 is 2.23 bits per heavy atom. The first-order valence-corrected chi connectivity index (χ1v) is 4.34. The van der Waals surface area contributed by atoms with Gasteiger partial charge in [-0.15, -0.1) is 0 Å². The molecule has 0 aromatic heterocycles. The quantitative estimate of drug-likeness (QED) is 0.744. The van der Waals surface area contributed by atoms with Gasteiger partial charge in [-0.3, -0.25) is 0 Å². The van der Waals surface area contributed by atoms with Crippen LogP contribution in [0.4, 0.5) is 4.39 Å². The lowest BCUT2D eigenvalue weighted by Gasteiger charge is -2.12. The van der Waals surface area contributed by atoms with Crippen LogP contribution < -0.4 is 11.1 Å². The van der Waals surface area contributed by atoms with Gasteiger partial charge in [0.1, 0.15) is 5.82 Å². The Morgan fingerprint density at radius 1 is 1.54 bits per heavy atom. The second-order valence-electron chi connectivity index (χ2n) is 3.07. The van der Waals surface area contributed by atoms with E-state index in [1.165, 1.54) is 6.07 Å². The molecule has 1 atom stereocenters. The largest absolute Gasteiger partial charge is 0.326 e. The van der Waals surface area contributed by atoms with Crippen LogP contribution in [0.3, 0.4) is 0 Å². The van der Waals surface area contributed by atoms with Crippen molar-refractivity contribution in [2.24, 2.45) is 5.73 Å². The fourth-order valence-electron chi connectivity index (χ4n) is 1.21. The van der Waals surface area contributed by atoms with Crippen LogP contribution in [0.15, 0.2) is 18.2 Å². The van der Waals surface area contributed by atoms with E-state index < -0.39 is 0 Å². The summed E-state index contributed by atoms with van der Waals surface area (Å²) < 4.78 is 13.3. The molecule has 1 unspecified atom stereocenters. The third kappa shape index (κ3) is 2.26. The highest BCUT2D eigenvalue weighted by atomic mass is 19.1. The van der Waals surface area contributed by atoms with Gasteiger partial charge < -0.3 is 11.1 Å². The molecule has 0 spiro atoms. The molecular formula is C10H15FN2. The smallest absolute Gasteiger partial charge is 0.127 e. The van der Waals surface area contributed by atoms with E-state index in [-0.39, 0.29) is 11.9 Å². The van der Waals surface area contributed by atoms with Crippen molar-refractivity contribution in [3.8, 4) is 0 Å². The van der Waals surface area contributed by atoms with Crippen LogP contribution in [0.5, 0.6) is 0 Å². The van der Waals surface area contributed by atoms with Crippen molar-refractivity contribution in [1.29, 1.82) is 0 Å². The van der Waals surface area contributed by atoms with E-state index in [0.717, 1.165) is 5.56 Å². The lowest BCUT2D eigenvalue weighted by molar-refractivity contribution is 0.561. The lowest BCUT2D eigenvalue weighted by atomic mass is 10.0. The summed E-state index contributed by atoms with van der Waals surface area (Å²) in [6.45, 7) is 2.36. The zero-order valence-corrected chi connectivity index (χ0v) is 7.97. The standard InChI is InChI=1S/C10H15FN2/c1-7(13-2)9-5-8(6-12)3-4-10(9)11/h3-5,7,13H,6,12H2,1-2H3. The number of rotatable bonds is 3. The summed E-state index contributed by atoms with van der Waals surface area (Å²) in [5.41, 5.74) is 7.10. The maximum absolute atomic E-state index is 13.3. The molecule has 72 valence electrons. The van der Waals surface area contributed by atoms with Crippen LogP contribution >= 0.6 is 0 Å². The molecule has 0 amide bonds. The van der Waals surface area contributed by atoms with Crippen LogP contribution in [0, 0.1) is 5.82 Å². The molecule has 0 radical (unpaired) electrons. The molecule has 13 heavy (non-hydrogen) atoms. The number of hydrogen-bond donors (Lipinski definition) is 2. The van der Waals surface area contributed by atoms with Gasteiger partial charge in [0.2, 0.25) is 0 Å². The lowest BCUT2D eigenvalue weighted by Crippen LogP contribution is -2.14. The number of hydrogen-bond acceptors (Lipinski definition) is 2. The molecule has 0 aliphatic carbocycles. The van der Waals surface area contributed by atoms with Crippen molar-refractivity contribution in [2.75, 3.05) is 7.05 Å². The molecule has 3 N–H and O–H groups in total. The first-order chi connectivity index (χ1) is 6.19. The first kappa shape index (κ1) is 10.2. The van der Waals surface area contributed by atoms with Gasteiger partial charge in [0.15, 0.2) is 0 Å². The maximum atomic E-state index is 13.3. The molecule has 2 nitrogen and oxygen atoms in total. The highest BCUT2D eigenvalue weighted by Crippen LogP contribution is 2.17. The highest BCUT2D eigenvalue weighted by molar-refractivity contribution is 5.27. The molecule has 0 bridgehead atoms. The fourth-order valence-corrected chi connectivity index (χ4v) is 1.21. The summed E-state index contributed by atoms with van der Waals surface area (Å²) in [4.78, 5) is 0. The summed E-state index contributed by atoms with van der Waals surface area (Å²) in [5.74, 6) is -0.181. The molecule has 0 saturated carbocycles. The van der Waals surface area contributed by atoms with Crippen LogP contribution in [-0.4, -0.2) is 7.05 Å². The minimum Gasteiger partial charge on any atom is -0.326 e. The second kappa shape index (κ2) is 4.35. The average molecular weight is 182 g/mol. The van der Waals surface area contributed by atoms with Gasteiger partial charge in [-0.25, -0.2) is 4.39 Å². The number of nitrogens with one attached hydrogen (secondary N) is 1. The van der Waals surface area contributed by atoms with Gasteiger partial charge in [-0.2, -0.15) is 0 Å². The van der Waals surface area contributed by atoms with Crippen molar-refractivity contribution >= 4 is 0 Å². The molecule has 0 saturated heterocycles. The number of halogens is 1. The molecule has 1 aromatic carbocycles. The topological polar surface area (TPSA) is 38.0 Å². The van der Waals surface area contributed by atoms with Crippen LogP contribution in [0.2, 0.25) is 0 Å². The van der Waals surface area contributed by atoms with E-state index in [1.54, 1.807) is 19.2 Å². The predicted octanol–water partition coefficient (Wildman–Crippen LogP) is 1.56. The Hall–Kier alpha value is -0.930. The Balaban J connectivity index is 3.03. The van der Waals surface area contributed by atoms with Crippen molar-refractivity contribution in [3.63, 3.8) is 0 Å². The van der Waals surface area contributed by atoms with Crippen molar-refractivity contribution in [1.82, 2.24) is 5.32 Å². The highest BCUT2D eigenvalue weighted by Gasteiger charge is 2.08. The fraction of sp³-hybridized carbons (Fsp3) is 0.400. The Morgan fingerprint density at radius 3 is 2.77 bits per heavy atom. The van der Waals surface area contributed by atoms with Crippen molar-refractivity contribution < 1.29 is 4.39 Å². The van der Waals surface area contributed by atoms with E-state index >= 15 is 0 Å². The van der Waals surface area contributed by atoms with Crippen molar-refractivity contribution in [2.45, 2.75) is 19.5 Å². The molecule has 0 aliphatic heterocycles. The Labute approximate surface area is 77.9 Å². The van der Waals surface area contributed by atoms with E-state index in [0.29, 0.717) is 12.1 Å². The van der Waals surface area contributed by atoms with E-state index in [9.17, 15) is 4.39 Å². The summed E-state index contributed by atoms with van der Waals surface area (Å²) in [6, 6.07) is 5.00. The number of nitrogens with two attached hydrogens (primary N) is 1. The molecule has 1 aromatic rings. The predicted molar refractivity (Wildman–Crippen MR) is 51.8 cm³/mol. The van der Waals surface area contributed by atoms with Crippen molar-refractivity contribution in [3.05, 3.63) is 35.1 Å². The van der Waals surface area contributed by atoms with E-state index in [2.05, 4.69) is 5.32 Å². The summed E-state index contributed by atoms with van der Waals surface area (Å²) in [6.07, 6.45) is 0. The van der Waals surface area contributed by atoms with E-state index in [4.69, 9.17) is 5.73 Å². The summed E-state index contributed by atoms with van der Waals surface area (Å²) in [7, 11) is 1.80. The third-order valence-electron chi connectivity index (χ3n) is 2.20. The molecule has 0 aliphatic rings. The first-order valence-electron chi connectivity index (χ1n) is 4.34. The van der Waals surface area contributed by atoms with Gasteiger partial charge in [0.05, 0.1) is 0 Å². The van der Waals surface area contributed by atoms with Gasteiger partial charge in [-0.05, 0) is 25.6 Å². The Bertz CT molecular complexity index is 286. The van der Waals surface area contributed by atoms with Crippen LogP contribution in [0.1, 0.15) is 24.1 Å². The second-order valence-corrected chi connectivity index (χ2v) is 3.07. The zero-order valence-electron chi connectivity index (χ0n) is 7.97.